The summed E-state index contributed by atoms with van der Waals surface area (Å²) < 4.78 is 11.0. The molecule has 0 aliphatic carbocycles. The second-order valence-electron chi connectivity index (χ2n) is 5.19. The van der Waals surface area contributed by atoms with Crippen LogP contribution in [0, 0.1) is 0 Å². The van der Waals surface area contributed by atoms with Crippen molar-refractivity contribution in [1.82, 2.24) is 0 Å². The van der Waals surface area contributed by atoms with Crippen LogP contribution in [0.4, 0.5) is 0 Å². The maximum Gasteiger partial charge on any atom is 0.314 e. The Bertz CT molecular complexity index is 607. The Balaban J connectivity index is 2.13. The zero-order valence-corrected chi connectivity index (χ0v) is 13.3. The number of hydrogen-bond acceptors (Lipinski definition) is 3. The Hall–Kier alpha value is -2.29. The second kappa shape index (κ2) is 7.64. The van der Waals surface area contributed by atoms with E-state index in [-0.39, 0.29) is 18.0 Å². The Kier molecular flexibility index (Phi) is 5.59. The summed E-state index contributed by atoms with van der Waals surface area (Å²) >= 11 is 0. The zero-order valence-electron chi connectivity index (χ0n) is 13.3. The van der Waals surface area contributed by atoms with Crippen molar-refractivity contribution < 1.29 is 14.3 Å². The van der Waals surface area contributed by atoms with Crippen molar-refractivity contribution >= 4 is 5.97 Å². The maximum absolute atomic E-state index is 12.5. The van der Waals surface area contributed by atoms with E-state index in [1.807, 2.05) is 68.4 Å². The van der Waals surface area contributed by atoms with Gasteiger partial charge in [-0.25, -0.2) is 0 Å². The molecule has 0 bridgehead atoms. The largest absolute Gasteiger partial charge is 0.496 e. The van der Waals surface area contributed by atoms with E-state index in [4.69, 9.17) is 9.47 Å². The number of rotatable bonds is 6. The molecule has 0 N–H and O–H groups in total. The third-order valence-corrected chi connectivity index (χ3v) is 3.76. The minimum Gasteiger partial charge on any atom is -0.496 e. The Labute approximate surface area is 131 Å². The van der Waals surface area contributed by atoms with E-state index in [2.05, 4.69) is 0 Å². The van der Waals surface area contributed by atoms with Gasteiger partial charge in [0.15, 0.2) is 0 Å². The van der Waals surface area contributed by atoms with Gasteiger partial charge >= 0.3 is 5.97 Å². The molecule has 0 heterocycles. The average Bonchev–Trinajstić information content (AvgIpc) is 2.56. The number of esters is 1. The molecule has 3 heteroatoms. The highest BCUT2D eigenvalue weighted by molar-refractivity contribution is 5.78. The molecule has 0 saturated carbocycles. The van der Waals surface area contributed by atoms with Crippen LogP contribution < -0.4 is 4.74 Å². The Morgan fingerprint density at radius 3 is 2.32 bits per heavy atom. The van der Waals surface area contributed by atoms with Crippen LogP contribution in [0.3, 0.4) is 0 Å². The zero-order chi connectivity index (χ0) is 15.9. The summed E-state index contributed by atoms with van der Waals surface area (Å²) in [5, 5.41) is 0. The van der Waals surface area contributed by atoms with Crippen molar-refractivity contribution in [2.45, 2.75) is 32.3 Å². The summed E-state index contributed by atoms with van der Waals surface area (Å²) in [4.78, 5) is 12.5. The molecule has 116 valence electrons. The number of ether oxygens (including phenoxy) is 2. The van der Waals surface area contributed by atoms with Crippen molar-refractivity contribution in [3.63, 3.8) is 0 Å². The molecule has 0 spiro atoms. The van der Waals surface area contributed by atoms with Crippen molar-refractivity contribution in [2.75, 3.05) is 7.11 Å². The van der Waals surface area contributed by atoms with E-state index in [1.165, 1.54) is 0 Å². The predicted octanol–water partition coefficient (Wildman–Crippen LogP) is 4.49. The van der Waals surface area contributed by atoms with E-state index in [9.17, 15) is 4.79 Å². The lowest BCUT2D eigenvalue weighted by Crippen LogP contribution is -2.17. The van der Waals surface area contributed by atoms with Crippen LogP contribution in [0.5, 0.6) is 5.75 Å². The Morgan fingerprint density at radius 1 is 1.05 bits per heavy atom. The molecule has 0 amide bonds. The van der Waals surface area contributed by atoms with Crippen LogP contribution in [-0.2, 0) is 9.53 Å². The first-order chi connectivity index (χ1) is 10.7. The lowest BCUT2D eigenvalue weighted by Gasteiger charge is -2.20. The minimum atomic E-state index is -0.346. The molecular formula is C19H22O3. The smallest absolute Gasteiger partial charge is 0.314 e. The molecule has 0 aromatic heterocycles. The molecule has 3 nitrogen and oxygen atoms in total. The summed E-state index contributed by atoms with van der Waals surface area (Å²) in [6, 6.07) is 17.3. The lowest BCUT2D eigenvalue weighted by molar-refractivity contribution is -0.150. The molecule has 0 saturated heterocycles. The van der Waals surface area contributed by atoms with E-state index in [0.717, 1.165) is 16.9 Å². The van der Waals surface area contributed by atoms with Crippen molar-refractivity contribution in [3.8, 4) is 5.75 Å². The van der Waals surface area contributed by atoms with E-state index < -0.39 is 0 Å². The van der Waals surface area contributed by atoms with Gasteiger partial charge in [0.25, 0.3) is 0 Å². The number of methoxy groups -OCH3 is 1. The van der Waals surface area contributed by atoms with E-state index in [1.54, 1.807) is 7.11 Å². The highest BCUT2D eigenvalue weighted by atomic mass is 16.5. The van der Waals surface area contributed by atoms with Crippen LogP contribution in [0.1, 0.15) is 43.4 Å². The maximum atomic E-state index is 12.5. The summed E-state index contributed by atoms with van der Waals surface area (Å²) in [7, 11) is 1.62. The van der Waals surface area contributed by atoms with Crippen molar-refractivity contribution in [2.24, 2.45) is 0 Å². The molecule has 2 atom stereocenters. The first-order valence-electron chi connectivity index (χ1n) is 7.55. The SMILES string of the molecule is CC[C@H](C(=O)O[C@@H](C)c1ccccc1OC)c1ccccc1. The van der Waals surface area contributed by atoms with E-state index >= 15 is 0 Å². The predicted molar refractivity (Wildman–Crippen MR) is 87.0 cm³/mol. The molecular weight excluding hydrogens is 276 g/mol. The summed E-state index contributed by atoms with van der Waals surface area (Å²) in [6.07, 6.45) is 0.364. The molecule has 2 rings (SSSR count). The molecule has 2 aromatic carbocycles. The van der Waals surface area contributed by atoms with Crippen LogP contribution >= 0.6 is 0 Å². The molecule has 0 fully saturated rings. The molecule has 22 heavy (non-hydrogen) atoms. The standard InChI is InChI=1S/C19H22O3/c1-4-16(15-10-6-5-7-11-15)19(20)22-14(2)17-12-8-9-13-18(17)21-3/h5-14,16H,4H2,1-3H3/t14-,16-/m0/s1. The van der Waals surface area contributed by atoms with Gasteiger partial charge in [-0.05, 0) is 25.0 Å². The van der Waals surface area contributed by atoms with Gasteiger partial charge in [-0.15, -0.1) is 0 Å². The minimum absolute atomic E-state index is 0.202. The van der Waals surface area contributed by atoms with Gasteiger partial charge in [0.1, 0.15) is 11.9 Å². The van der Waals surface area contributed by atoms with Crippen LogP contribution in [0.15, 0.2) is 54.6 Å². The fourth-order valence-corrected chi connectivity index (χ4v) is 2.55. The normalized spacial score (nSPS) is 13.2. The number of carbonyl (C=O) groups is 1. The molecule has 2 aromatic rings. The van der Waals surface area contributed by atoms with E-state index in [0.29, 0.717) is 6.42 Å². The highest BCUT2D eigenvalue weighted by Gasteiger charge is 2.23. The topological polar surface area (TPSA) is 35.5 Å². The first-order valence-corrected chi connectivity index (χ1v) is 7.55. The first kappa shape index (κ1) is 16.1. The second-order valence-corrected chi connectivity index (χ2v) is 5.19. The molecule has 0 aliphatic heterocycles. The number of benzene rings is 2. The van der Waals surface area contributed by atoms with Gasteiger partial charge in [-0.3, -0.25) is 4.79 Å². The molecule has 0 unspecified atom stereocenters. The Morgan fingerprint density at radius 2 is 1.68 bits per heavy atom. The monoisotopic (exact) mass is 298 g/mol. The fourth-order valence-electron chi connectivity index (χ4n) is 2.55. The van der Waals surface area contributed by atoms with Crippen LogP contribution in [0.2, 0.25) is 0 Å². The van der Waals surface area contributed by atoms with Gasteiger partial charge in [0.2, 0.25) is 0 Å². The van der Waals surface area contributed by atoms with Gasteiger partial charge in [-0.1, -0.05) is 55.5 Å². The third kappa shape index (κ3) is 3.67. The summed E-state index contributed by atoms with van der Waals surface area (Å²) in [6.45, 7) is 3.86. The summed E-state index contributed by atoms with van der Waals surface area (Å²) in [5.74, 6) is 0.293. The third-order valence-electron chi connectivity index (χ3n) is 3.76. The van der Waals surface area contributed by atoms with Crippen molar-refractivity contribution in [1.29, 1.82) is 0 Å². The lowest BCUT2D eigenvalue weighted by atomic mass is 9.96. The average molecular weight is 298 g/mol. The number of hydrogen-bond donors (Lipinski definition) is 0. The number of para-hydroxylation sites is 1. The van der Waals surface area contributed by atoms with Gasteiger partial charge in [0.05, 0.1) is 13.0 Å². The van der Waals surface area contributed by atoms with Crippen LogP contribution in [0.25, 0.3) is 0 Å². The summed E-state index contributed by atoms with van der Waals surface area (Å²) in [5.41, 5.74) is 1.86. The van der Waals surface area contributed by atoms with Crippen LogP contribution in [-0.4, -0.2) is 13.1 Å². The van der Waals surface area contributed by atoms with Gasteiger partial charge in [-0.2, -0.15) is 0 Å². The quantitative estimate of drug-likeness (QED) is 0.737. The van der Waals surface area contributed by atoms with Crippen molar-refractivity contribution in [3.05, 3.63) is 65.7 Å². The highest BCUT2D eigenvalue weighted by Crippen LogP contribution is 2.29. The van der Waals surface area contributed by atoms with Gasteiger partial charge in [0, 0.05) is 5.56 Å². The number of carbonyl (C=O) groups excluding carboxylic acids is 1. The van der Waals surface area contributed by atoms with Gasteiger partial charge < -0.3 is 9.47 Å². The fraction of sp³-hybridized carbons (Fsp3) is 0.316. The molecule has 0 radical (unpaired) electrons. The molecule has 0 aliphatic rings.